The van der Waals surface area contributed by atoms with Gasteiger partial charge in [-0.15, -0.1) is 0 Å². The molecule has 0 aromatic heterocycles. The van der Waals surface area contributed by atoms with E-state index in [-0.39, 0.29) is 11.7 Å². The van der Waals surface area contributed by atoms with Gasteiger partial charge >= 0.3 is 0 Å². The number of nitrogens with zero attached hydrogens (tertiary/aromatic N) is 1. The topological polar surface area (TPSA) is 58.3 Å². The number of piperidine rings is 1. The number of Topliss-reactive ketones (excluding diaryl/α,β-unsaturated/α-hetero) is 1. The minimum Gasteiger partial charge on any atom is -0.360 e. The Balaban J connectivity index is 1.40. The average molecular weight is 375 g/mol. The van der Waals surface area contributed by atoms with Gasteiger partial charge in [-0.05, 0) is 38.1 Å². The molecule has 0 atom stereocenters. The number of nitrogens with one attached hydrogen (secondary N) is 3. The van der Waals surface area contributed by atoms with Crippen LogP contribution in [0.1, 0.15) is 37.0 Å². The number of quaternary nitrogens is 2. The number of hydrogen-bond acceptors (Lipinski definition) is 3. The van der Waals surface area contributed by atoms with E-state index >= 15 is 0 Å². The van der Waals surface area contributed by atoms with Crippen molar-refractivity contribution in [1.82, 2.24) is 5.32 Å². The van der Waals surface area contributed by atoms with E-state index in [1.807, 2.05) is 24.3 Å². The van der Waals surface area contributed by atoms with Crippen LogP contribution in [0.5, 0.6) is 0 Å². The number of amides is 1. The Hall–Kier alpha value is -1.92. The van der Waals surface area contributed by atoms with Gasteiger partial charge in [0.25, 0.3) is 5.91 Å². The van der Waals surface area contributed by atoms with Gasteiger partial charge in [0, 0.05) is 30.1 Å². The van der Waals surface area contributed by atoms with Crippen LogP contribution in [-0.4, -0.2) is 70.1 Å². The summed E-state index contributed by atoms with van der Waals surface area (Å²) in [7, 11) is 0. The Morgan fingerprint density at radius 3 is 2.22 bits per heavy atom. The van der Waals surface area contributed by atoms with Crippen molar-refractivity contribution >= 4 is 17.4 Å². The summed E-state index contributed by atoms with van der Waals surface area (Å²) in [5.74, 6) is 0.304. The number of ketones is 1. The van der Waals surface area contributed by atoms with Crippen molar-refractivity contribution in [2.24, 2.45) is 0 Å². The standard InChI is InChI=1S/C21H32N4O2/c1-3-23-10-8-19(9-11-23)22-21(27)16-24-12-14-25(15-13-24)20-6-4-18(5-7-20)17(2)26/h4-7,19H,3,8-16H2,1-2H3,(H,22,27)/p+2. The molecule has 0 radical (unpaired) electrons. The molecule has 2 aliphatic rings. The number of likely N-dealkylation sites (tertiary alicyclic amines) is 1. The second-order valence-electron chi connectivity index (χ2n) is 7.96. The third-order valence-corrected chi connectivity index (χ3v) is 6.08. The fourth-order valence-corrected chi connectivity index (χ4v) is 4.19. The van der Waals surface area contributed by atoms with Crippen LogP contribution in [0.3, 0.4) is 0 Å². The van der Waals surface area contributed by atoms with Crippen molar-refractivity contribution in [2.45, 2.75) is 32.7 Å². The molecule has 148 valence electrons. The van der Waals surface area contributed by atoms with Gasteiger partial charge in [0.05, 0.1) is 45.8 Å². The van der Waals surface area contributed by atoms with Crippen molar-refractivity contribution in [3.8, 4) is 0 Å². The molecule has 0 saturated carbocycles. The number of rotatable bonds is 6. The first-order valence-corrected chi connectivity index (χ1v) is 10.4. The van der Waals surface area contributed by atoms with Gasteiger partial charge in [-0.1, -0.05) is 0 Å². The fraction of sp³-hybridized carbons (Fsp3) is 0.619. The zero-order valence-corrected chi connectivity index (χ0v) is 16.7. The van der Waals surface area contributed by atoms with Crippen LogP contribution in [0.15, 0.2) is 24.3 Å². The van der Waals surface area contributed by atoms with E-state index in [1.54, 1.807) is 11.8 Å². The number of benzene rings is 1. The molecule has 0 aliphatic carbocycles. The molecule has 0 bridgehead atoms. The van der Waals surface area contributed by atoms with Crippen molar-refractivity contribution < 1.29 is 19.4 Å². The largest absolute Gasteiger partial charge is 0.360 e. The molecular weight excluding hydrogens is 340 g/mol. The van der Waals surface area contributed by atoms with Crippen molar-refractivity contribution in [2.75, 3.05) is 57.3 Å². The predicted molar refractivity (Wildman–Crippen MR) is 107 cm³/mol. The summed E-state index contributed by atoms with van der Waals surface area (Å²) in [6, 6.07) is 8.22. The quantitative estimate of drug-likeness (QED) is 0.547. The van der Waals surface area contributed by atoms with Crippen LogP contribution in [0, 0.1) is 0 Å². The highest BCUT2D eigenvalue weighted by molar-refractivity contribution is 5.94. The lowest BCUT2D eigenvalue weighted by molar-refractivity contribution is -0.903. The van der Waals surface area contributed by atoms with Crippen LogP contribution in [0.25, 0.3) is 0 Å². The van der Waals surface area contributed by atoms with Crippen LogP contribution in [0.4, 0.5) is 5.69 Å². The fourth-order valence-electron chi connectivity index (χ4n) is 4.19. The number of carbonyl (C=O) groups is 2. The number of carbonyl (C=O) groups excluding carboxylic acids is 2. The van der Waals surface area contributed by atoms with Crippen LogP contribution < -0.4 is 20.0 Å². The van der Waals surface area contributed by atoms with E-state index in [1.165, 1.54) is 24.5 Å². The Morgan fingerprint density at radius 2 is 1.67 bits per heavy atom. The van der Waals surface area contributed by atoms with Crippen molar-refractivity contribution in [3.63, 3.8) is 0 Å². The van der Waals surface area contributed by atoms with Crippen LogP contribution >= 0.6 is 0 Å². The van der Waals surface area contributed by atoms with Gasteiger partial charge in [0.1, 0.15) is 0 Å². The lowest BCUT2D eigenvalue weighted by Gasteiger charge is -2.34. The third-order valence-electron chi connectivity index (χ3n) is 6.08. The molecule has 2 fully saturated rings. The highest BCUT2D eigenvalue weighted by Gasteiger charge is 2.26. The Bertz CT molecular complexity index is 630. The maximum atomic E-state index is 12.4. The van der Waals surface area contributed by atoms with Crippen molar-refractivity contribution in [3.05, 3.63) is 29.8 Å². The van der Waals surface area contributed by atoms with Gasteiger partial charge in [0.15, 0.2) is 12.3 Å². The number of anilines is 1. The minimum absolute atomic E-state index is 0.101. The molecule has 1 amide bonds. The second-order valence-corrected chi connectivity index (χ2v) is 7.96. The molecule has 2 heterocycles. The van der Waals surface area contributed by atoms with Gasteiger partial charge in [-0.25, -0.2) is 0 Å². The normalized spacial score (nSPS) is 23.9. The molecule has 6 heteroatoms. The molecule has 3 N–H and O–H groups in total. The number of hydrogen-bond donors (Lipinski definition) is 3. The molecule has 3 rings (SSSR count). The van der Waals surface area contributed by atoms with E-state index in [2.05, 4.69) is 17.1 Å². The van der Waals surface area contributed by atoms with Gasteiger partial charge < -0.3 is 20.0 Å². The van der Waals surface area contributed by atoms with Gasteiger partial charge in [-0.2, -0.15) is 0 Å². The molecule has 27 heavy (non-hydrogen) atoms. The molecule has 2 aliphatic heterocycles. The SMILES string of the molecule is CC[NH+]1CCC(NC(=O)C[NH+]2CCN(c3ccc(C(C)=O)cc3)CC2)CC1. The summed E-state index contributed by atoms with van der Waals surface area (Å²) < 4.78 is 0. The molecule has 1 aromatic rings. The second kappa shape index (κ2) is 9.33. The summed E-state index contributed by atoms with van der Waals surface area (Å²) in [5.41, 5.74) is 1.92. The van der Waals surface area contributed by atoms with E-state index in [4.69, 9.17) is 0 Å². The highest BCUT2D eigenvalue weighted by atomic mass is 16.2. The van der Waals surface area contributed by atoms with Gasteiger partial charge in [-0.3, -0.25) is 9.59 Å². The third kappa shape index (κ3) is 5.53. The van der Waals surface area contributed by atoms with E-state index < -0.39 is 0 Å². The smallest absolute Gasteiger partial charge is 0.275 e. The maximum Gasteiger partial charge on any atom is 0.275 e. The zero-order chi connectivity index (χ0) is 19.2. The monoisotopic (exact) mass is 374 g/mol. The first-order chi connectivity index (χ1) is 13.0. The summed E-state index contributed by atoms with van der Waals surface area (Å²) in [6.07, 6.45) is 2.21. The average Bonchev–Trinajstić information content (AvgIpc) is 2.69. The van der Waals surface area contributed by atoms with Crippen LogP contribution in [-0.2, 0) is 4.79 Å². The maximum absolute atomic E-state index is 12.4. The summed E-state index contributed by atoms with van der Waals surface area (Å²) in [6.45, 7) is 11.8. The summed E-state index contributed by atoms with van der Waals surface area (Å²) >= 11 is 0. The molecule has 0 spiro atoms. The molecular formula is C21H34N4O2+2. The molecule has 2 saturated heterocycles. The predicted octanol–water partition coefficient (Wildman–Crippen LogP) is -1.22. The lowest BCUT2D eigenvalue weighted by Crippen LogP contribution is -3.16. The van der Waals surface area contributed by atoms with Crippen molar-refractivity contribution in [1.29, 1.82) is 0 Å². The lowest BCUT2D eigenvalue weighted by atomic mass is 10.1. The summed E-state index contributed by atoms with van der Waals surface area (Å²) in [4.78, 5) is 29.2. The first-order valence-electron chi connectivity index (χ1n) is 10.4. The first kappa shape index (κ1) is 19.8. The van der Waals surface area contributed by atoms with E-state index in [0.29, 0.717) is 12.6 Å². The number of piperazine rings is 1. The Labute approximate surface area is 162 Å². The zero-order valence-electron chi connectivity index (χ0n) is 16.7. The molecule has 1 aromatic carbocycles. The Kier molecular flexibility index (Phi) is 6.85. The Morgan fingerprint density at radius 1 is 1.04 bits per heavy atom. The highest BCUT2D eigenvalue weighted by Crippen LogP contribution is 2.15. The van der Waals surface area contributed by atoms with Gasteiger partial charge in [0.2, 0.25) is 0 Å². The minimum atomic E-state index is 0.101. The van der Waals surface area contributed by atoms with E-state index in [0.717, 1.165) is 50.3 Å². The van der Waals surface area contributed by atoms with E-state index in [9.17, 15) is 9.59 Å². The molecule has 0 unspecified atom stereocenters. The summed E-state index contributed by atoms with van der Waals surface area (Å²) in [5, 5.41) is 3.25. The van der Waals surface area contributed by atoms with Crippen LogP contribution in [0.2, 0.25) is 0 Å². The molecule has 6 nitrogen and oxygen atoms in total.